The van der Waals surface area contributed by atoms with E-state index in [0.717, 1.165) is 32.0 Å². The number of aryl methyl sites for hydroxylation is 1. The second-order valence-electron chi connectivity index (χ2n) is 5.65. The van der Waals surface area contributed by atoms with Crippen LogP contribution in [0.15, 0.2) is 12.4 Å². The van der Waals surface area contributed by atoms with Gasteiger partial charge in [0.15, 0.2) is 0 Å². The zero-order chi connectivity index (χ0) is 13.7. The number of hydrogen-bond donors (Lipinski definition) is 1. The van der Waals surface area contributed by atoms with Crippen molar-refractivity contribution < 1.29 is 0 Å². The summed E-state index contributed by atoms with van der Waals surface area (Å²) in [5.41, 5.74) is 5.69. The molecule has 1 unspecified atom stereocenters. The maximum atomic E-state index is 5.69. The third-order valence-corrected chi connectivity index (χ3v) is 4.02. The first-order chi connectivity index (χ1) is 9.19. The van der Waals surface area contributed by atoms with E-state index in [1.54, 1.807) is 0 Å². The molecular formula is C14H27N5. The lowest BCUT2D eigenvalue weighted by Crippen LogP contribution is -2.48. The van der Waals surface area contributed by atoms with E-state index >= 15 is 0 Å². The predicted molar refractivity (Wildman–Crippen MR) is 78.1 cm³/mol. The number of rotatable bonds is 6. The van der Waals surface area contributed by atoms with E-state index in [0.29, 0.717) is 5.92 Å². The van der Waals surface area contributed by atoms with Gasteiger partial charge in [-0.1, -0.05) is 6.92 Å². The van der Waals surface area contributed by atoms with Gasteiger partial charge in [0.2, 0.25) is 0 Å². The molecule has 1 aromatic rings. The van der Waals surface area contributed by atoms with Gasteiger partial charge >= 0.3 is 0 Å². The normalized spacial score (nSPS) is 19.7. The minimum Gasteiger partial charge on any atom is -0.334 e. The Hall–Kier alpha value is -0.910. The summed E-state index contributed by atoms with van der Waals surface area (Å²) in [6.45, 7) is 13.1. The highest BCUT2D eigenvalue weighted by Crippen LogP contribution is 2.05. The van der Waals surface area contributed by atoms with Crippen LogP contribution in [0.3, 0.4) is 0 Å². The highest BCUT2D eigenvalue weighted by atomic mass is 15.3. The topological polar surface area (TPSA) is 50.3 Å². The molecule has 0 amide bonds. The molecule has 0 aliphatic carbocycles. The summed E-state index contributed by atoms with van der Waals surface area (Å²) in [7, 11) is 0. The largest absolute Gasteiger partial charge is 0.334 e. The lowest BCUT2D eigenvalue weighted by molar-refractivity contribution is 0.118. The van der Waals surface area contributed by atoms with Crippen molar-refractivity contribution in [2.24, 2.45) is 11.7 Å². The Morgan fingerprint density at radius 1 is 1.21 bits per heavy atom. The number of hydrogen-bond acceptors (Lipinski definition) is 4. The zero-order valence-electron chi connectivity index (χ0n) is 12.3. The van der Waals surface area contributed by atoms with Gasteiger partial charge in [0.25, 0.3) is 0 Å². The van der Waals surface area contributed by atoms with E-state index in [9.17, 15) is 0 Å². The Bertz CT molecular complexity index is 368. The van der Waals surface area contributed by atoms with Crippen LogP contribution in [0.2, 0.25) is 0 Å². The molecule has 0 radical (unpaired) electrons. The van der Waals surface area contributed by atoms with Crippen LogP contribution in [0.1, 0.15) is 12.7 Å². The van der Waals surface area contributed by atoms with E-state index in [4.69, 9.17) is 5.73 Å². The fourth-order valence-corrected chi connectivity index (χ4v) is 2.60. The highest BCUT2D eigenvalue weighted by molar-refractivity contribution is 4.88. The number of nitrogens with zero attached hydrogens (tertiary/aromatic N) is 4. The lowest BCUT2D eigenvalue weighted by Gasteiger charge is -2.35. The van der Waals surface area contributed by atoms with E-state index < -0.39 is 0 Å². The molecular weight excluding hydrogens is 238 g/mol. The quantitative estimate of drug-likeness (QED) is 0.809. The first-order valence-electron chi connectivity index (χ1n) is 7.31. The fraction of sp³-hybridized carbons (Fsp3) is 0.786. The number of imidazole rings is 1. The van der Waals surface area contributed by atoms with Crippen LogP contribution in [0, 0.1) is 12.8 Å². The molecule has 1 aromatic heterocycles. The fourth-order valence-electron chi connectivity index (χ4n) is 2.60. The molecule has 1 saturated heterocycles. The minimum atomic E-state index is 0.611. The van der Waals surface area contributed by atoms with Gasteiger partial charge in [-0.3, -0.25) is 4.90 Å². The molecule has 0 bridgehead atoms. The Labute approximate surface area is 116 Å². The average Bonchev–Trinajstić information content (AvgIpc) is 2.83. The molecule has 0 spiro atoms. The van der Waals surface area contributed by atoms with E-state index in [2.05, 4.69) is 39.4 Å². The van der Waals surface area contributed by atoms with Crippen molar-refractivity contribution in [2.75, 3.05) is 45.8 Å². The van der Waals surface area contributed by atoms with Gasteiger partial charge in [-0.05, 0) is 19.4 Å². The molecule has 1 atom stereocenters. The third kappa shape index (κ3) is 4.30. The van der Waals surface area contributed by atoms with Gasteiger partial charge in [0.05, 0.1) is 0 Å². The summed E-state index contributed by atoms with van der Waals surface area (Å²) in [6.07, 6.45) is 3.94. The second kappa shape index (κ2) is 7.03. The molecule has 5 nitrogen and oxygen atoms in total. The van der Waals surface area contributed by atoms with E-state index in [1.165, 1.54) is 26.2 Å². The third-order valence-electron chi connectivity index (χ3n) is 4.02. The Kier molecular flexibility index (Phi) is 5.36. The molecule has 1 aliphatic heterocycles. The van der Waals surface area contributed by atoms with Crippen LogP contribution in [-0.4, -0.2) is 65.2 Å². The summed E-state index contributed by atoms with van der Waals surface area (Å²) in [4.78, 5) is 9.34. The molecule has 19 heavy (non-hydrogen) atoms. The lowest BCUT2D eigenvalue weighted by atomic mass is 10.1. The molecule has 0 aromatic carbocycles. The van der Waals surface area contributed by atoms with Crippen molar-refractivity contribution in [1.29, 1.82) is 0 Å². The van der Waals surface area contributed by atoms with Gasteiger partial charge in [-0.2, -0.15) is 0 Å². The van der Waals surface area contributed by atoms with Crippen molar-refractivity contribution >= 4 is 0 Å². The molecule has 5 heteroatoms. The van der Waals surface area contributed by atoms with Gasteiger partial charge in [0.1, 0.15) is 5.82 Å². The highest BCUT2D eigenvalue weighted by Gasteiger charge is 2.17. The number of nitrogens with two attached hydrogens (primary N) is 1. The van der Waals surface area contributed by atoms with Gasteiger partial charge < -0.3 is 15.2 Å². The molecule has 2 N–H and O–H groups in total. The maximum absolute atomic E-state index is 5.69. The van der Waals surface area contributed by atoms with Gasteiger partial charge in [0, 0.05) is 58.2 Å². The van der Waals surface area contributed by atoms with Crippen molar-refractivity contribution in [2.45, 2.75) is 20.4 Å². The van der Waals surface area contributed by atoms with Crippen molar-refractivity contribution in [3.05, 3.63) is 18.2 Å². The summed E-state index contributed by atoms with van der Waals surface area (Å²) >= 11 is 0. The summed E-state index contributed by atoms with van der Waals surface area (Å²) in [5, 5.41) is 0. The van der Waals surface area contributed by atoms with Crippen LogP contribution in [0.4, 0.5) is 0 Å². The van der Waals surface area contributed by atoms with Crippen molar-refractivity contribution in [3.63, 3.8) is 0 Å². The molecule has 1 aliphatic rings. The predicted octanol–water partition coefficient (Wildman–Crippen LogP) is 0.404. The van der Waals surface area contributed by atoms with Crippen LogP contribution in [0.25, 0.3) is 0 Å². The number of piperazine rings is 1. The van der Waals surface area contributed by atoms with Crippen molar-refractivity contribution in [3.8, 4) is 0 Å². The molecule has 2 heterocycles. The molecule has 2 rings (SSSR count). The summed E-state index contributed by atoms with van der Waals surface area (Å²) < 4.78 is 2.23. The molecule has 108 valence electrons. The summed E-state index contributed by atoms with van der Waals surface area (Å²) in [5.74, 6) is 1.72. The maximum Gasteiger partial charge on any atom is 0.105 e. The van der Waals surface area contributed by atoms with Gasteiger partial charge in [-0.25, -0.2) is 4.98 Å². The molecule has 1 fully saturated rings. The Morgan fingerprint density at radius 3 is 2.47 bits per heavy atom. The van der Waals surface area contributed by atoms with E-state index in [-0.39, 0.29) is 0 Å². The van der Waals surface area contributed by atoms with Gasteiger partial charge in [-0.15, -0.1) is 0 Å². The number of aromatic nitrogens is 2. The van der Waals surface area contributed by atoms with Crippen LogP contribution in [0.5, 0.6) is 0 Å². The van der Waals surface area contributed by atoms with Crippen LogP contribution < -0.4 is 5.73 Å². The van der Waals surface area contributed by atoms with Crippen LogP contribution in [-0.2, 0) is 6.54 Å². The first kappa shape index (κ1) is 14.5. The summed E-state index contributed by atoms with van der Waals surface area (Å²) in [6, 6.07) is 0. The van der Waals surface area contributed by atoms with E-state index in [1.807, 2.05) is 6.20 Å². The SMILES string of the molecule is Cc1nccn1CCN1CCN(CC(C)CN)CC1. The minimum absolute atomic E-state index is 0.611. The zero-order valence-corrected chi connectivity index (χ0v) is 12.3. The smallest absolute Gasteiger partial charge is 0.105 e. The Morgan fingerprint density at radius 2 is 1.89 bits per heavy atom. The first-order valence-corrected chi connectivity index (χ1v) is 7.31. The monoisotopic (exact) mass is 265 g/mol. The van der Waals surface area contributed by atoms with Crippen molar-refractivity contribution in [1.82, 2.24) is 19.4 Å². The molecule has 0 saturated carbocycles. The van der Waals surface area contributed by atoms with Crippen LogP contribution >= 0.6 is 0 Å². The standard InChI is InChI=1S/C14H27N5/c1-13(11-15)12-18-7-5-17(6-8-18)9-10-19-4-3-16-14(19)2/h3-4,13H,5-12,15H2,1-2H3. The second-order valence-corrected chi connectivity index (χ2v) is 5.65. The Balaban J connectivity index is 1.67. The average molecular weight is 265 g/mol.